The summed E-state index contributed by atoms with van der Waals surface area (Å²) in [7, 11) is -3.34. The fourth-order valence-corrected chi connectivity index (χ4v) is 6.83. The second kappa shape index (κ2) is 7.84. The lowest BCUT2D eigenvalue weighted by molar-refractivity contribution is -0.127. The molecular formula is C20H27BrN2O3S. The Morgan fingerprint density at radius 2 is 1.78 bits per heavy atom. The van der Waals surface area contributed by atoms with E-state index in [1.165, 1.54) is 19.3 Å². The molecule has 3 atom stereocenters. The second-order valence-electron chi connectivity index (χ2n) is 8.35. The van der Waals surface area contributed by atoms with Gasteiger partial charge in [-0.1, -0.05) is 34.5 Å². The number of rotatable bonds is 5. The number of nitrogens with one attached hydrogen (secondary N) is 1. The van der Waals surface area contributed by atoms with Crippen LogP contribution in [0.5, 0.6) is 0 Å². The first kappa shape index (κ1) is 19.4. The van der Waals surface area contributed by atoms with Gasteiger partial charge in [0.2, 0.25) is 15.9 Å². The van der Waals surface area contributed by atoms with Crippen molar-refractivity contribution in [3.05, 3.63) is 34.3 Å². The van der Waals surface area contributed by atoms with Gasteiger partial charge in [-0.05, 0) is 61.6 Å². The van der Waals surface area contributed by atoms with Crippen LogP contribution in [0.2, 0.25) is 0 Å². The van der Waals surface area contributed by atoms with Crippen molar-refractivity contribution in [1.82, 2.24) is 9.62 Å². The molecule has 4 rings (SSSR count). The van der Waals surface area contributed by atoms with Crippen LogP contribution in [0.1, 0.15) is 44.1 Å². The Bertz CT molecular complexity index is 788. The van der Waals surface area contributed by atoms with Crippen LogP contribution in [-0.2, 0) is 20.6 Å². The van der Waals surface area contributed by atoms with Gasteiger partial charge in [0, 0.05) is 29.5 Å². The number of hydrogen-bond donors (Lipinski definition) is 1. The molecule has 1 saturated heterocycles. The van der Waals surface area contributed by atoms with Gasteiger partial charge < -0.3 is 5.32 Å². The van der Waals surface area contributed by atoms with Crippen molar-refractivity contribution >= 4 is 31.9 Å². The average Bonchev–Trinajstić information content (AvgIpc) is 3.27. The third-order valence-corrected chi connectivity index (χ3v) is 8.92. The van der Waals surface area contributed by atoms with Crippen LogP contribution >= 0.6 is 15.9 Å². The molecular weight excluding hydrogens is 428 g/mol. The Morgan fingerprint density at radius 1 is 1.07 bits per heavy atom. The van der Waals surface area contributed by atoms with E-state index < -0.39 is 10.0 Å². The van der Waals surface area contributed by atoms with Gasteiger partial charge in [-0.2, -0.15) is 0 Å². The fourth-order valence-electron chi connectivity index (χ4n) is 5.00. The molecule has 0 aromatic heterocycles. The first-order chi connectivity index (χ1) is 12.9. The Labute approximate surface area is 170 Å². The number of halogens is 1. The van der Waals surface area contributed by atoms with E-state index in [-0.39, 0.29) is 17.6 Å². The third kappa shape index (κ3) is 4.40. The lowest BCUT2D eigenvalue weighted by Crippen LogP contribution is -2.46. The van der Waals surface area contributed by atoms with Crippen molar-refractivity contribution in [3.63, 3.8) is 0 Å². The minimum absolute atomic E-state index is 0.0162. The topological polar surface area (TPSA) is 66.5 Å². The Morgan fingerprint density at radius 3 is 2.37 bits per heavy atom. The normalized spacial score (nSPS) is 29.1. The van der Waals surface area contributed by atoms with Gasteiger partial charge in [-0.15, -0.1) is 0 Å². The van der Waals surface area contributed by atoms with Crippen molar-refractivity contribution in [1.29, 1.82) is 0 Å². The Kier molecular flexibility index (Phi) is 5.63. The largest absolute Gasteiger partial charge is 0.353 e. The molecule has 1 N–H and O–H groups in total. The van der Waals surface area contributed by atoms with Gasteiger partial charge in [-0.25, -0.2) is 12.7 Å². The summed E-state index contributed by atoms with van der Waals surface area (Å²) in [5.74, 6) is 1.58. The van der Waals surface area contributed by atoms with Crippen molar-refractivity contribution in [2.45, 2.75) is 50.3 Å². The predicted molar refractivity (Wildman–Crippen MR) is 108 cm³/mol. The van der Waals surface area contributed by atoms with Crippen LogP contribution < -0.4 is 5.32 Å². The van der Waals surface area contributed by atoms with Crippen molar-refractivity contribution < 1.29 is 13.2 Å². The molecule has 3 fully saturated rings. The molecule has 2 bridgehead atoms. The zero-order valence-electron chi connectivity index (χ0n) is 15.4. The molecule has 1 amide bonds. The van der Waals surface area contributed by atoms with E-state index in [0.717, 1.165) is 22.4 Å². The quantitative estimate of drug-likeness (QED) is 0.741. The second-order valence-corrected chi connectivity index (χ2v) is 11.2. The van der Waals surface area contributed by atoms with Crippen LogP contribution in [0.3, 0.4) is 0 Å². The van der Waals surface area contributed by atoms with Gasteiger partial charge >= 0.3 is 0 Å². The first-order valence-electron chi connectivity index (χ1n) is 9.93. The summed E-state index contributed by atoms with van der Waals surface area (Å²) in [4.78, 5) is 12.6. The van der Waals surface area contributed by atoms with Gasteiger partial charge in [-0.3, -0.25) is 4.79 Å². The van der Waals surface area contributed by atoms with Gasteiger partial charge in [0.25, 0.3) is 0 Å². The van der Waals surface area contributed by atoms with E-state index in [2.05, 4.69) is 21.2 Å². The number of sulfonamides is 1. The average molecular weight is 455 g/mol. The molecule has 7 heteroatoms. The lowest BCUT2D eigenvalue weighted by atomic mass is 9.93. The summed E-state index contributed by atoms with van der Waals surface area (Å²) < 4.78 is 27.9. The third-order valence-electron chi connectivity index (χ3n) is 6.55. The molecule has 1 heterocycles. The van der Waals surface area contributed by atoms with Gasteiger partial charge in [0.1, 0.15) is 0 Å². The van der Waals surface area contributed by atoms with Crippen LogP contribution in [0.4, 0.5) is 0 Å². The summed E-state index contributed by atoms with van der Waals surface area (Å²) in [5, 5.41) is 3.27. The molecule has 1 aliphatic heterocycles. The molecule has 5 nitrogen and oxygen atoms in total. The number of benzene rings is 1. The fraction of sp³-hybridized carbons (Fsp3) is 0.650. The highest BCUT2D eigenvalue weighted by Gasteiger charge is 2.41. The van der Waals surface area contributed by atoms with Crippen molar-refractivity contribution in [3.8, 4) is 0 Å². The summed E-state index contributed by atoms with van der Waals surface area (Å²) >= 11 is 3.37. The number of carbonyl (C=O) groups excluding carboxylic acids is 1. The van der Waals surface area contributed by atoms with Gasteiger partial charge in [0.05, 0.1) is 5.75 Å². The van der Waals surface area contributed by atoms with Gasteiger partial charge in [0.15, 0.2) is 0 Å². The minimum atomic E-state index is -3.34. The van der Waals surface area contributed by atoms with Crippen LogP contribution in [0.25, 0.3) is 0 Å². The lowest BCUT2D eigenvalue weighted by Gasteiger charge is -2.32. The highest BCUT2D eigenvalue weighted by Crippen LogP contribution is 2.44. The number of nitrogens with zero attached hydrogens (tertiary/aromatic N) is 1. The van der Waals surface area contributed by atoms with E-state index in [9.17, 15) is 13.2 Å². The number of piperidine rings is 1. The molecule has 1 aromatic rings. The number of hydrogen-bond acceptors (Lipinski definition) is 3. The number of fused-ring (bicyclic) bond motifs is 2. The Hall–Kier alpha value is -0.920. The highest BCUT2D eigenvalue weighted by atomic mass is 79.9. The molecule has 27 heavy (non-hydrogen) atoms. The first-order valence-corrected chi connectivity index (χ1v) is 12.3. The molecule has 2 saturated carbocycles. The monoisotopic (exact) mass is 454 g/mol. The molecule has 1 aromatic carbocycles. The summed E-state index contributed by atoms with van der Waals surface area (Å²) in [6.45, 7) is 0.876. The summed E-state index contributed by atoms with van der Waals surface area (Å²) in [6, 6.07) is 7.73. The molecule has 2 aliphatic carbocycles. The summed E-state index contributed by atoms with van der Waals surface area (Å²) in [6.07, 6.45) is 6.22. The van der Waals surface area contributed by atoms with E-state index >= 15 is 0 Å². The zero-order valence-corrected chi connectivity index (χ0v) is 17.8. The van der Waals surface area contributed by atoms with Crippen LogP contribution in [0.15, 0.2) is 28.7 Å². The molecule has 0 spiro atoms. The van der Waals surface area contributed by atoms with Crippen LogP contribution in [0, 0.1) is 17.8 Å². The maximum absolute atomic E-state index is 12.7. The maximum atomic E-state index is 12.7. The molecule has 148 valence electrons. The van der Waals surface area contributed by atoms with E-state index in [1.54, 1.807) is 4.31 Å². The zero-order chi connectivity index (χ0) is 19.0. The smallest absolute Gasteiger partial charge is 0.223 e. The minimum Gasteiger partial charge on any atom is -0.353 e. The SMILES string of the molecule is O=C(N[C@H]1C[C@H]2CC[C@@H]1C2)C1CCN(S(=O)(=O)Cc2ccc(Br)cc2)CC1. The maximum Gasteiger partial charge on any atom is 0.223 e. The number of amides is 1. The van der Waals surface area contributed by atoms with E-state index in [4.69, 9.17) is 0 Å². The molecule has 3 aliphatic rings. The molecule has 0 radical (unpaired) electrons. The number of carbonyl (C=O) groups is 1. The van der Waals surface area contributed by atoms with Crippen molar-refractivity contribution in [2.24, 2.45) is 17.8 Å². The van der Waals surface area contributed by atoms with E-state index in [0.29, 0.717) is 37.9 Å². The van der Waals surface area contributed by atoms with Crippen molar-refractivity contribution in [2.75, 3.05) is 13.1 Å². The summed E-state index contributed by atoms with van der Waals surface area (Å²) in [5.41, 5.74) is 0.786. The predicted octanol–water partition coefficient (Wildman–Crippen LogP) is 3.30. The van der Waals surface area contributed by atoms with E-state index in [1.807, 2.05) is 24.3 Å². The Balaban J connectivity index is 1.29. The standard InChI is InChI=1S/C20H27BrN2O3S/c21-18-5-2-14(3-6-18)13-27(25,26)23-9-7-16(8-10-23)20(24)22-19-12-15-1-4-17(19)11-15/h2-3,5-6,15-17,19H,1,4,7-13H2,(H,22,24)/t15-,17+,19-/m0/s1. The van der Waals surface area contributed by atoms with Crippen LogP contribution in [-0.4, -0.2) is 37.8 Å². The highest BCUT2D eigenvalue weighted by molar-refractivity contribution is 9.10. The molecule has 0 unspecified atom stereocenters.